The molecule has 106 valence electrons. The molecule has 0 aliphatic heterocycles. The molecule has 0 saturated carbocycles. The number of carboxylic acids is 1. The number of carbonyl (C=O) groups is 1. The van der Waals surface area contributed by atoms with Crippen LogP contribution in [0.3, 0.4) is 0 Å². The fourth-order valence-corrected chi connectivity index (χ4v) is 1.45. The normalized spacial score (nSPS) is 10.5. The van der Waals surface area contributed by atoms with Crippen molar-refractivity contribution >= 4 is 17.6 Å². The third-order valence-electron chi connectivity index (χ3n) is 2.35. The van der Waals surface area contributed by atoms with Gasteiger partial charge in [0.2, 0.25) is 0 Å². The molecule has 0 fully saturated rings. The molecule has 0 spiro atoms. The summed E-state index contributed by atoms with van der Waals surface area (Å²) in [7, 11) is 4.01. The van der Waals surface area contributed by atoms with E-state index in [-0.39, 0.29) is 6.42 Å². The largest absolute Gasteiger partial charge is 0.481 e. The van der Waals surface area contributed by atoms with Crippen LogP contribution in [0.5, 0.6) is 0 Å². The third-order valence-corrected chi connectivity index (χ3v) is 2.35. The number of carboxylic acid groups (broad SMARTS) is 1. The second kappa shape index (κ2) is 7.52. The Morgan fingerprint density at radius 3 is 2.37 bits per heavy atom. The molecular formula is C12H21N5O2. The van der Waals surface area contributed by atoms with E-state index < -0.39 is 5.97 Å². The summed E-state index contributed by atoms with van der Waals surface area (Å²) in [5.74, 6) is 1.20. The highest BCUT2D eigenvalue weighted by atomic mass is 16.4. The van der Waals surface area contributed by atoms with Crippen LogP contribution < -0.4 is 10.6 Å². The zero-order valence-electron chi connectivity index (χ0n) is 11.6. The lowest BCUT2D eigenvalue weighted by Crippen LogP contribution is -2.21. The Bertz CT molecular complexity index is 423. The van der Waals surface area contributed by atoms with E-state index in [1.165, 1.54) is 0 Å². The predicted molar refractivity (Wildman–Crippen MR) is 74.6 cm³/mol. The number of hydrogen-bond donors (Lipinski definition) is 3. The third kappa shape index (κ3) is 6.56. The van der Waals surface area contributed by atoms with Gasteiger partial charge >= 0.3 is 5.97 Å². The van der Waals surface area contributed by atoms with E-state index in [2.05, 4.69) is 25.5 Å². The van der Waals surface area contributed by atoms with Gasteiger partial charge in [0.25, 0.3) is 0 Å². The van der Waals surface area contributed by atoms with Gasteiger partial charge in [-0.1, -0.05) is 0 Å². The molecule has 0 bridgehead atoms. The van der Waals surface area contributed by atoms with Crippen LogP contribution in [-0.2, 0) is 4.79 Å². The van der Waals surface area contributed by atoms with Gasteiger partial charge in [0, 0.05) is 25.7 Å². The fraction of sp³-hybridized carbons (Fsp3) is 0.583. The van der Waals surface area contributed by atoms with Gasteiger partial charge in [0.15, 0.2) is 0 Å². The summed E-state index contributed by atoms with van der Waals surface area (Å²) >= 11 is 0. The molecule has 0 aliphatic carbocycles. The van der Waals surface area contributed by atoms with E-state index >= 15 is 0 Å². The molecular weight excluding hydrogens is 246 g/mol. The number of aromatic nitrogens is 2. The smallest absolute Gasteiger partial charge is 0.305 e. The molecule has 19 heavy (non-hydrogen) atoms. The Morgan fingerprint density at radius 1 is 1.26 bits per heavy atom. The lowest BCUT2D eigenvalue weighted by molar-refractivity contribution is -0.136. The van der Waals surface area contributed by atoms with E-state index in [1.807, 2.05) is 14.1 Å². The summed E-state index contributed by atoms with van der Waals surface area (Å²) in [5, 5.41) is 14.8. The van der Waals surface area contributed by atoms with Crippen molar-refractivity contribution in [1.82, 2.24) is 14.9 Å². The van der Waals surface area contributed by atoms with E-state index in [4.69, 9.17) is 5.11 Å². The molecule has 1 aromatic heterocycles. The zero-order valence-corrected chi connectivity index (χ0v) is 11.6. The summed E-state index contributed by atoms with van der Waals surface area (Å²) in [6.45, 7) is 3.85. The van der Waals surface area contributed by atoms with Crippen LogP contribution >= 0.6 is 0 Å². The number of anilines is 2. The maximum atomic E-state index is 10.4. The van der Waals surface area contributed by atoms with E-state index in [0.29, 0.717) is 18.2 Å². The lowest BCUT2D eigenvalue weighted by Gasteiger charge is -2.12. The highest BCUT2D eigenvalue weighted by molar-refractivity contribution is 5.67. The van der Waals surface area contributed by atoms with Crippen molar-refractivity contribution in [2.24, 2.45) is 0 Å². The van der Waals surface area contributed by atoms with Gasteiger partial charge in [0.1, 0.15) is 17.5 Å². The number of aliphatic carboxylic acids is 1. The van der Waals surface area contributed by atoms with Gasteiger partial charge in [-0.25, -0.2) is 9.97 Å². The van der Waals surface area contributed by atoms with Crippen molar-refractivity contribution in [3.05, 3.63) is 11.9 Å². The van der Waals surface area contributed by atoms with Gasteiger partial charge < -0.3 is 20.6 Å². The number of aryl methyl sites for hydroxylation is 1. The van der Waals surface area contributed by atoms with Crippen LogP contribution in [0.15, 0.2) is 6.07 Å². The summed E-state index contributed by atoms with van der Waals surface area (Å²) < 4.78 is 0. The molecule has 0 atom stereocenters. The molecule has 7 heteroatoms. The highest BCUT2D eigenvalue weighted by Gasteiger charge is 2.03. The Kier molecular flexibility index (Phi) is 6.01. The predicted octanol–water partition coefficient (Wildman–Crippen LogP) is 0.645. The Hall–Kier alpha value is -1.89. The van der Waals surface area contributed by atoms with Gasteiger partial charge in [-0.3, -0.25) is 4.79 Å². The minimum absolute atomic E-state index is 0.0619. The number of rotatable bonds is 8. The Labute approximate surface area is 113 Å². The van der Waals surface area contributed by atoms with E-state index in [9.17, 15) is 4.79 Å². The first-order valence-corrected chi connectivity index (χ1v) is 6.17. The monoisotopic (exact) mass is 267 g/mol. The second-order valence-corrected chi connectivity index (χ2v) is 4.49. The minimum atomic E-state index is -0.831. The van der Waals surface area contributed by atoms with Crippen molar-refractivity contribution in [2.75, 3.05) is 44.4 Å². The van der Waals surface area contributed by atoms with Crippen molar-refractivity contribution in [3.63, 3.8) is 0 Å². The average molecular weight is 267 g/mol. The zero-order chi connectivity index (χ0) is 14.3. The van der Waals surface area contributed by atoms with Crippen LogP contribution in [0.25, 0.3) is 0 Å². The SMILES string of the molecule is Cc1nc(NCCC(=O)O)cc(NCCN(C)C)n1. The summed E-state index contributed by atoms with van der Waals surface area (Å²) in [4.78, 5) is 21.0. The molecule has 3 N–H and O–H groups in total. The molecule has 1 rings (SSSR count). The number of nitrogens with one attached hydrogen (secondary N) is 2. The van der Waals surface area contributed by atoms with Crippen molar-refractivity contribution in [2.45, 2.75) is 13.3 Å². The molecule has 0 unspecified atom stereocenters. The maximum Gasteiger partial charge on any atom is 0.305 e. The Balaban J connectivity index is 2.53. The maximum absolute atomic E-state index is 10.4. The summed E-state index contributed by atoms with van der Waals surface area (Å²) in [5.41, 5.74) is 0. The Morgan fingerprint density at radius 2 is 1.84 bits per heavy atom. The van der Waals surface area contributed by atoms with Crippen molar-refractivity contribution < 1.29 is 9.90 Å². The molecule has 1 heterocycles. The van der Waals surface area contributed by atoms with Gasteiger partial charge in [-0.15, -0.1) is 0 Å². The first-order chi connectivity index (χ1) is 8.97. The summed E-state index contributed by atoms with van der Waals surface area (Å²) in [6, 6.07) is 1.78. The topological polar surface area (TPSA) is 90.4 Å². The van der Waals surface area contributed by atoms with Gasteiger partial charge in [0.05, 0.1) is 6.42 Å². The van der Waals surface area contributed by atoms with Gasteiger partial charge in [-0.2, -0.15) is 0 Å². The van der Waals surface area contributed by atoms with Crippen LogP contribution in [0.1, 0.15) is 12.2 Å². The van der Waals surface area contributed by atoms with Crippen LogP contribution in [0.4, 0.5) is 11.6 Å². The second-order valence-electron chi connectivity index (χ2n) is 4.49. The van der Waals surface area contributed by atoms with Crippen molar-refractivity contribution in [1.29, 1.82) is 0 Å². The van der Waals surface area contributed by atoms with Crippen molar-refractivity contribution in [3.8, 4) is 0 Å². The average Bonchev–Trinajstić information content (AvgIpc) is 2.27. The molecule has 1 aromatic rings. The number of likely N-dealkylation sites (N-methyl/N-ethyl adjacent to an activating group) is 1. The van der Waals surface area contributed by atoms with E-state index in [0.717, 1.165) is 18.9 Å². The first-order valence-electron chi connectivity index (χ1n) is 6.17. The molecule has 0 radical (unpaired) electrons. The molecule has 0 aliphatic rings. The number of hydrogen-bond acceptors (Lipinski definition) is 6. The highest BCUT2D eigenvalue weighted by Crippen LogP contribution is 2.10. The molecule has 0 aromatic carbocycles. The molecule has 0 saturated heterocycles. The fourth-order valence-electron chi connectivity index (χ4n) is 1.45. The minimum Gasteiger partial charge on any atom is -0.481 e. The quantitative estimate of drug-likeness (QED) is 0.637. The van der Waals surface area contributed by atoms with Crippen LogP contribution in [0.2, 0.25) is 0 Å². The first kappa shape index (κ1) is 15.2. The molecule has 7 nitrogen and oxygen atoms in total. The lowest BCUT2D eigenvalue weighted by atomic mass is 10.4. The number of nitrogens with zero attached hydrogens (tertiary/aromatic N) is 3. The van der Waals surface area contributed by atoms with Crippen LogP contribution in [-0.4, -0.2) is 59.7 Å². The van der Waals surface area contributed by atoms with E-state index in [1.54, 1.807) is 13.0 Å². The summed E-state index contributed by atoms with van der Waals surface area (Å²) in [6.07, 6.45) is 0.0619. The standard InChI is InChI=1S/C12H21N5O2/c1-9-15-10(13-5-4-12(18)19)8-11(16-9)14-6-7-17(2)3/h8H,4-7H2,1-3H3,(H,18,19)(H2,13,14,15,16). The molecule has 0 amide bonds. The van der Waals surface area contributed by atoms with Gasteiger partial charge in [-0.05, 0) is 21.0 Å². The van der Waals surface area contributed by atoms with Crippen LogP contribution in [0, 0.1) is 6.92 Å².